The van der Waals surface area contributed by atoms with Gasteiger partial charge in [-0.05, 0) is 54.8 Å². The largest absolute Gasteiger partial charge is 0.425 e. The van der Waals surface area contributed by atoms with Crippen LogP contribution >= 0.6 is 30.6 Å². The molecule has 0 atom stereocenters. The molecule has 0 aliphatic rings. The van der Waals surface area contributed by atoms with E-state index in [0.717, 1.165) is 16.1 Å². The van der Waals surface area contributed by atoms with Crippen molar-refractivity contribution >= 4 is 52.0 Å². The van der Waals surface area contributed by atoms with Crippen molar-refractivity contribution < 1.29 is 4.42 Å². The molecule has 33 heavy (non-hydrogen) atoms. The molecule has 1 aromatic heterocycles. The number of aromatic nitrogens is 1. The first kappa shape index (κ1) is 22.0. The zero-order valence-corrected chi connectivity index (χ0v) is 20.5. The summed E-state index contributed by atoms with van der Waals surface area (Å²) in [5, 5.41) is 5.14. The number of hydrogen-bond donors (Lipinski definition) is 0. The van der Waals surface area contributed by atoms with Gasteiger partial charge in [0.05, 0.1) is 10.6 Å². The smallest absolute Gasteiger partial charge is 0.251 e. The Kier molecular flexibility index (Phi) is 6.37. The average molecular weight is 487 g/mol. The third kappa shape index (κ3) is 3.91. The lowest BCUT2D eigenvalue weighted by Gasteiger charge is -2.25. The monoisotopic (exact) mass is 486 g/mol. The summed E-state index contributed by atoms with van der Waals surface area (Å²) >= 11 is 8.11. The molecule has 0 bridgehead atoms. The number of thioether (sulfide) groups is 1. The quantitative estimate of drug-likeness (QED) is 0.207. The van der Waals surface area contributed by atoms with Crippen LogP contribution in [0.5, 0.6) is 0 Å². The Hall–Kier alpha value is -2.84. The molecular weight excluding hydrogens is 465 g/mol. The van der Waals surface area contributed by atoms with E-state index in [2.05, 4.69) is 91.0 Å². The predicted molar refractivity (Wildman–Crippen MR) is 144 cm³/mol. The summed E-state index contributed by atoms with van der Waals surface area (Å²) in [4.78, 5) is 5.19. The van der Waals surface area contributed by atoms with Crippen molar-refractivity contribution in [1.82, 2.24) is 4.98 Å². The van der Waals surface area contributed by atoms with Crippen LogP contribution < -0.4 is 21.3 Å². The molecule has 162 valence electrons. The lowest BCUT2D eigenvalue weighted by Crippen LogP contribution is -2.39. The number of rotatable bonds is 6. The lowest BCUT2D eigenvalue weighted by molar-refractivity contribution is 0.488. The Morgan fingerprint density at radius 1 is 0.667 bits per heavy atom. The zero-order valence-electron chi connectivity index (χ0n) is 18.1. The van der Waals surface area contributed by atoms with Gasteiger partial charge in [0, 0.05) is 0 Å². The van der Waals surface area contributed by atoms with Crippen LogP contribution in [0.25, 0.3) is 11.5 Å². The van der Waals surface area contributed by atoms with Gasteiger partial charge in [-0.2, -0.15) is 4.98 Å². The number of benzene rings is 4. The fourth-order valence-corrected chi connectivity index (χ4v) is 9.50. The summed E-state index contributed by atoms with van der Waals surface area (Å²) in [5.74, 6) is 0.548. The first-order valence-corrected chi connectivity index (χ1v) is 14.0. The highest BCUT2D eigenvalue weighted by molar-refractivity contribution is 8.04. The maximum atomic E-state index is 6.53. The van der Waals surface area contributed by atoms with Crippen LogP contribution in [-0.2, 0) is 0 Å². The molecule has 0 spiro atoms. The minimum atomic E-state index is -2.34. The molecule has 0 aliphatic carbocycles. The van der Waals surface area contributed by atoms with Gasteiger partial charge in [0.2, 0.25) is 11.0 Å². The van der Waals surface area contributed by atoms with E-state index in [0.29, 0.717) is 10.9 Å². The molecule has 0 fully saturated rings. The van der Waals surface area contributed by atoms with Crippen molar-refractivity contribution in [3.8, 4) is 11.5 Å². The van der Waals surface area contributed by atoms with E-state index in [9.17, 15) is 0 Å². The molecule has 0 amide bonds. The van der Waals surface area contributed by atoms with Gasteiger partial charge < -0.3 is 4.42 Å². The molecule has 0 unspecified atom stereocenters. The molecule has 0 N–H and O–H groups in total. The molecule has 5 aromatic rings. The maximum Gasteiger partial charge on any atom is 0.251 e. The molecule has 0 saturated heterocycles. The van der Waals surface area contributed by atoms with Crippen LogP contribution in [0.2, 0.25) is 5.02 Å². The van der Waals surface area contributed by atoms with Crippen LogP contribution in [0, 0.1) is 0 Å². The van der Waals surface area contributed by atoms with Crippen molar-refractivity contribution in [2.45, 2.75) is 5.09 Å². The summed E-state index contributed by atoms with van der Waals surface area (Å²) in [6, 6.07) is 39.7. The fourth-order valence-electron chi connectivity index (χ4n) is 4.16. The Morgan fingerprint density at radius 2 is 1.12 bits per heavy atom. The van der Waals surface area contributed by atoms with Gasteiger partial charge in [-0.3, -0.25) is 0 Å². The highest BCUT2D eigenvalue weighted by Crippen LogP contribution is 2.56. The van der Waals surface area contributed by atoms with E-state index in [4.69, 9.17) is 21.0 Å². The second-order valence-corrected chi connectivity index (χ2v) is 12.0. The van der Waals surface area contributed by atoms with E-state index in [-0.39, 0.29) is 0 Å². The van der Waals surface area contributed by atoms with E-state index in [1.807, 2.05) is 30.5 Å². The fraction of sp³-hybridized carbons (Fsp3) is 0.0357. The van der Waals surface area contributed by atoms with Gasteiger partial charge in [0.15, 0.2) is 7.26 Å². The standard InChI is InChI=1S/C28H22ClNOPS/c1-33-28-27(30-26(31-28)24-19-11-12-20-25(24)29)32(21-13-5-2-6-14-21,22-15-7-3-8-16-22)23-17-9-4-10-18-23/h2-20H,1H3/q+1. The summed E-state index contributed by atoms with van der Waals surface area (Å²) in [6.45, 7) is 0. The van der Waals surface area contributed by atoms with Crippen LogP contribution in [-0.4, -0.2) is 11.2 Å². The second kappa shape index (κ2) is 9.57. The first-order chi connectivity index (χ1) is 16.2. The maximum absolute atomic E-state index is 6.53. The van der Waals surface area contributed by atoms with Gasteiger partial charge in [-0.1, -0.05) is 90.1 Å². The molecule has 5 heteroatoms. The molecule has 0 saturated carbocycles. The summed E-state index contributed by atoms with van der Waals surface area (Å²) in [7, 11) is -2.34. The molecular formula is C28H22ClNOPS+. The average Bonchev–Trinajstić information content (AvgIpc) is 3.31. The van der Waals surface area contributed by atoms with Gasteiger partial charge in [0.25, 0.3) is 5.44 Å². The van der Waals surface area contributed by atoms with E-state index < -0.39 is 7.26 Å². The van der Waals surface area contributed by atoms with Crippen molar-refractivity contribution in [2.75, 3.05) is 6.26 Å². The van der Waals surface area contributed by atoms with Gasteiger partial charge in [-0.25, -0.2) is 0 Å². The van der Waals surface area contributed by atoms with E-state index >= 15 is 0 Å². The Labute approximate surface area is 204 Å². The minimum Gasteiger partial charge on any atom is -0.425 e. The normalized spacial score (nSPS) is 11.5. The summed E-state index contributed by atoms with van der Waals surface area (Å²) < 4.78 is 6.40. The number of nitrogens with zero attached hydrogens (tertiary/aromatic N) is 1. The third-order valence-electron chi connectivity index (χ3n) is 5.62. The van der Waals surface area contributed by atoms with Crippen LogP contribution in [0.1, 0.15) is 0 Å². The second-order valence-electron chi connectivity index (χ2n) is 7.49. The van der Waals surface area contributed by atoms with E-state index in [1.165, 1.54) is 15.9 Å². The zero-order chi connectivity index (χ0) is 22.7. The Balaban J connectivity index is 1.89. The van der Waals surface area contributed by atoms with Crippen LogP contribution in [0.15, 0.2) is 125 Å². The van der Waals surface area contributed by atoms with Gasteiger partial charge in [0.1, 0.15) is 15.9 Å². The SMILES string of the molecule is CSc1oc(-c2ccccc2Cl)nc1[P+](c1ccccc1)(c1ccccc1)c1ccccc1. The highest BCUT2D eigenvalue weighted by atomic mass is 35.5. The molecule has 2 nitrogen and oxygen atoms in total. The number of hydrogen-bond acceptors (Lipinski definition) is 3. The molecule has 4 aromatic carbocycles. The Bertz CT molecular complexity index is 1260. The topological polar surface area (TPSA) is 26.0 Å². The van der Waals surface area contributed by atoms with Crippen LogP contribution in [0.4, 0.5) is 0 Å². The molecule has 0 aliphatic heterocycles. The predicted octanol–water partition coefficient (Wildman–Crippen LogP) is 6.34. The lowest BCUT2D eigenvalue weighted by atomic mass is 10.2. The molecule has 5 rings (SSSR count). The van der Waals surface area contributed by atoms with E-state index in [1.54, 1.807) is 11.8 Å². The van der Waals surface area contributed by atoms with Gasteiger partial charge in [-0.15, -0.1) is 0 Å². The minimum absolute atomic E-state index is 0.548. The van der Waals surface area contributed by atoms with Crippen molar-refractivity contribution in [3.05, 3.63) is 120 Å². The third-order valence-corrected chi connectivity index (χ3v) is 10.9. The summed E-state index contributed by atoms with van der Waals surface area (Å²) in [5.41, 5.74) is 1.77. The Morgan fingerprint density at radius 3 is 1.58 bits per heavy atom. The van der Waals surface area contributed by atoms with Crippen molar-refractivity contribution in [3.63, 3.8) is 0 Å². The summed E-state index contributed by atoms with van der Waals surface area (Å²) in [6.07, 6.45) is 2.04. The number of oxazole rings is 1. The van der Waals surface area contributed by atoms with Crippen molar-refractivity contribution in [2.24, 2.45) is 0 Å². The molecule has 1 heterocycles. The number of halogens is 1. The van der Waals surface area contributed by atoms with Crippen LogP contribution in [0.3, 0.4) is 0 Å². The first-order valence-electron chi connectivity index (χ1n) is 10.6. The van der Waals surface area contributed by atoms with Gasteiger partial charge >= 0.3 is 0 Å². The van der Waals surface area contributed by atoms with Crippen molar-refractivity contribution in [1.29, 1.82) is 0 Å². The molecule has 0 radical (unpaired) electrons. The highest BCUT2D eigenvalue weighted by Gasteiger charge is 2.52.